The first-order valence-corrected chi connectivity index (χ1v) is 7.68. The van der Waals surface area contributed by atoms with Gasteiger partial charge >= 0.3 is 5.97 Å². The number of benzene rings is 1. The number of carboxylic acids is 1. The summed E-state index contributed by atoms with van der Waals surface area (Å²) in [7, 11) is 0. The molecule has 0 radical (unpaired) electrons. The van der Waals surface area contributed by atoms with E-state index in [9.17, 15) is 20.0 Å². The largest absolute Gasteiger partial charge is 0.478 e. The van der Waals surface area contributed by atoms with Gasteiger partial charge in [0.1, 0.15) is 0 Å². The molecule has 114 valence electrons. The van der Waals surface area contributed by atoms with Gasteiger partial charge in [-0.1, -0.05) is 11.6 Å². The molecule has 0 amide bonds. The van der Waals surface area contributed by atoms with E-state index in [2.05, 4.69) is 13.8 Å². The van der Waals surface area contributed by atoms with Gasteiger partial charge < -0.3 is 10.0 Å². The molecule has 1 aromatic rings. The summed E-state index contributed by atoms with van der Waals surface area (Å²) < 4.78 is -0.0286. The molecule has 1 saturated heterocycles. The fourth-order valence-corrected chi connectivity index (χ4v) is 3.83. The van der Waals surface area contributed by atoms with Gasteiger partial charge in [-0.3, -0.25) is 10.1 Å². The Morgan fingerprint density at radius 2 is 2.19 bits per heavy atom. The van der Waals surface area contributed by atoms with E-state index in [1.54, 1.807) is 11.8 Å². The van der Waals surface area contributed by atoms with Gasteiger partial charge in [0.25, 0.3) is 5.69 Å². The molecule has 8 heteroatoms. The number of nitrogens with zero attached hydrogens (tertiary/aromatic N) is 2. The number of anilines is 1. The van der Waals surface area contributed by atoms with Crippen molar-refractivity contribution in [2.75, 3.05) is 23.7 Å². The Balaban J connectivity index is 2.52. The number of thioether (sulfide) groups is 1. The first-order chi connectivity index (χ1) is 9.71. The Kier molecular flexibility index (Phi) is 4.34. The predicted octanol–water partition coefficient (Wildman–Crippen LogP) is 3.28. The van der Waals surface area contributed by atoms with Gasteiger partial charge in [-0.25, -0.2) is 4.79 Å². The number of aromatic carboxylic acids is 1. The van der Waals surface area contributed by atoms with Crippen molar-refractivity contribution in [3.63, 3.8) is 0 Å². The van der Waals surface area contributed by atoms with E-state index >= 15 is 0 Å². The maximum absolute atomic E-state index is 11.4. The summed E-state index contributed by atoms with van der Waals surface area (Å²) in [5, 5.41) is 20.3. The second-order valence-corrected chi connectivity index (χ2v) is 7.63. The third-order valence-electron chi connectivity index (χ3n) is 3.23. The molecule has 6 nitrogen and oxygen atoms in total. The lowest BCUT2D eigenvalue weighted by molar-refractivity contribution is -0.384. The highest BCUT2D eigenvalue weighted by Gasteiger charge is 2.31. The van der Waals surface area contributed by atoms with Crippen molar-refractivity contribution in [1.82, 2.24) is 0 Å². The number of carboxylic acid groups (broad SMARTS) is 1. The molecule has 0 aromatic heterocycles. The number of non-ortho nitro benzene ring substituents is 1. The van der Waals surface area contributed by atoms with E-state index in [1.165, 1.54) is 6.07 Å². The van der Waals surface area contributed by atoms with Crippen molar-refractivity contribution >= 4 is 40.7 Å². The predicted molar refractivity (Wildman–Crippen MR) is 83.8 cm³/mol. The molecule has 0 spiro atoms. The van der Waals surface area contributed by atoms with Crippen LogP contribution in [0.3, 0.4) is 0 Å². The number of hydrogen-bond donors (Lipinski definition) is 1. The summed E-state index contributed by atoms with van der Waals surface area (Å²) in [6.45, 7) is 5.44. The SMILES string of the molecule is CC1(C)CN(c2c(Cl)cc([N+](=O)[O-])cc2C(=O)O)CCS1. The summed E-state index contributed by atoms with van der Waals surface area (Å²) in [5.74, 6) is -0.369. The quantitative estimate of drug-likeness (QED) is 0.676. The minimum Gasteiger partial charge on any atom is -0.478 e. The Labute approximate surface area is 131 Å². The van der Waals surface area contributed by atoms with E-state index < -0.39 is 10.9 Å². The monoisotopic (exact) mass is 330 g/mol. The first-order valence-electron chi connectivity index (χ1n) is 6.31. The molecular weight excluding hydrogens is 316 g/mol. The zero-order chi connectivity index (χ0) is 15.8. The molecule has 0 atom stereocenters. The van der Waals surface area contributed by atoms with Crippen LogP contribution in [-0.2, 0) is 0 Å². The van der Waals surface area contributed by atoms with E-state index in [0.717, 1.165) is 11.8 Å². The smallest absolute Gasteiger partial charge is 0.338 e. The number of hydrogen-bond acceptors (Lipinski definition) is 5. The van der Waals surface area contributed by atoms with Gasteiger partial charge in [-0.2, -0.15) is 11.8 Å². The van der Waals surface area contributed by atoms with Gasteiger partial charge in [0, 0.05) is 35.7 Å². The van der Waals surface area contributed by atoms with Crippen LogP contribution in [0.4, 0.5) is 11.4 Å². The van der Waals surface area contributed by atoms with Crippen LogP contribution in [0, 0.1) is 10.1 Å². The molecule has 21 heavy (non-hydrogen) atoms. The summed E-state index contributed by atoms with van der Waals surface area (Å²) in [4.78, 5) is 23.5. The molecule has 0 saturated carbocycles. The van der Waals surface area contributed by atoms with E-state index in [0.29, 0.717) is 18.8 Å². The molecule has 0 bridgehead atoms. The van der Waals surface area contributed by atoms with Gasteiger partial charge in [0.15, 0.2) is 0 Å². The molecule has 1 heterocycles. The van der Waals surface area contributed by atoms with Gasteiger partial charge in [-0.15, -0.1) is 0 Å². The number of halogens is 1. The topological polar surface area (TPSA) is 83.7 Å². The highest BCUT2D eigenvalue weighted by molar-refractivity contribution is 8.00. The summed E-state index contributed by atoms with van der Waals surface area (Å²) in [5.41, 5.74) is -0.0770. The van der Waals surface area contributed by atoms with Gasteiger partial charge in [0.2, 0.25) is 0 Å². The minimum atomic E-state index is -1.22. The number of nitro benzene ring substituents is 1. The van der Waals surface area contributed by atoms with Crippen LogP contribution in [0.1, 0.15) is 24.2 Å². The average Bonchev–Trinajstić information content (AvgIpc) is 2.36. The molecule has 1 N–H and O–H groups in total. The summed E-state index contributed by atoms with van der Waals surface area (Å²) >= 11 is 7.94. The van der Waals surface area contributed by atoms with E-state index in [4.69, 9.17) is 11.6 Å². The lowest BCUT2D eigenvalue weighted by Gasteiger charge is -2.39. The fraction of sp³-hybridized carbons (Fsp3) is 0.462. The van der Waals surface area contributed by atoms with E-state index in [-0.39, 0.29) is 21.0 Å². The Morgan fingerprint density at radius 3 is 2.71 bits per heavy atom. The van der Waals surface area contributed by atoms with Crippen LogP contribution >= 0.6 is 23.4 Å². The number of carbonyl (C=O) groups is 1. The zero-order valence-electron chi connectivity index (χ0n) is 11.6. The van der Waals surface area contributed by atoms with Crippen LogP contribution in [-0.4, -0.2) is 39.6 Å². The van der Waals surface area contributed by atoms with Crippen LogP contribution in [0.15, 0.2) is 12.1 Å². The summed E-state index contributed by atoms with van der Waals surface area (Å²) in [6.07, 6.45) is 0. The zero-order valence-corrected chi connectivity index (χ0v) is 13.2. The molecule has 1 fully saturated rings. The second-order valence-electron chi connectivity index (χ2n) is 5.42. The fourth-order valence-electron chi connectivity index (χ4n) is 2.38. The average molecular weight is 331 g/mol. The molecule has 1 aliphatic heterocycles. The Morgan fingerprint density at radius 1 is 1.52 bits per heavy atom. The molecular formula is C13H15ClN2O4S. The van der Waals surface area contributed by atoms with Crippen molar-refractivity contribution in [1.29, 1.82) is 0 Å². The van der Waals surface area contributed by atoms with Crippen molar-refractivity contribution < 1.29 is 14.8 Å². The molecule has 0 unspecified atom stereocenters. The van der Waals surface area contributed by atoms with Crippen molar-refractivity contribution in [2.24, 2.45) is 0 Å². The van der Waals surface area contributed by atoms with Crippen molar-refractivity contribution in [3.05, 3.63) is 32.8 Å². The highest BCUT2D eigenvalue weighted by Crippen LogP contribution is 2.39. The van der Waals surface area contributed by atoms with Crippen LogP contribution in [0.5, 0.6) is 0 Å². The maximum atomic E-state index is 11.4. The number of rotatable bonds is 3. The molecule has 1 aliphatic rings. The Bertz CT molecular complexity index is 606. The molecule has 1 aromatic carbocycles. The highest BCUT2D eigenvalue weighted by atomic mass is 35.5. The van der Waals surface area contributed by atoms with Crippen LogP contribution in [0.25, 0.3) is 0 Å². The van der Waals surface area contributed by atoms with Crippen molar-refractivity contribution in [3.8, 4) is 0 Å². The number of nitro groups is 1. The van der Waals surface area contributed by atoms with Crippen molar-refractivity contribution in [2.45, 2.75) is 18.6 Å². The minimum absolute atomic E-state index is 0.0286. The molecule has 2 rings (SSSR count). The third kappa shape index (κ3) is 3.41. The normalized spacial score (nSPS) is 17.6. The second kappa shape index (κ2) is 5.73. The third-order valence-corrected chi connectivity index (χ3v) is 4.82. The van der Waals surface area contributed by atoms with E-state index in [1.807, 2.05) is 4.90 Å². The Hall–Kier alpha value is -1.47. The first kappa shape index (κ1) is 15.9. The van der Waals surface area contributed by atoms with Gasteiger partial charge in [-0.05, 0) is 13.8 Å². The van der Waals surface area contributed by atoms with Gasteiger partial charge in [0.05, 0.1) is 21.2 Å². The molecule has 0 aliphatic carbocycles. The lowest BCUT2D eigenvalue weighted by Crippen LogP contribution is -2.43. The van der Waals surface area contributed by atoms with Crippen LogP contribution in [0.2, 0.25) is 5.02 Å². The summed E-state index contributed by atoms with van der Waals surface area (Å²) in [6, 6.07) is 2.27. The lowest BCUT2D eigenvalue weighted by atomic mass is 10.1. The van der Waals surface area contributed by atoms with Crippen LogP contribution < -0.4 is 4.90 Å². The standard InChI is InChI=1S/C13H15ClN2O4S/c1-13(2)7-15(3-4-21-13)11-9(12(17)18)5-8(16(19)20)6-10(11)14/h5-6H,3-4,7H2,1-2H3,(H,17,18). The maximum Gasteiger partial charge on any atom is 0.338 e.